The minimum atomic E-state index is -4.72. The number of carbonyl (C=O) groups is 1. The summed E-state index contributed by atoms with van der Waals surface area (Å²) in [7, 11) is -4.72. The Hall–Kier alpha value is -0.200. The molecule has 0 saturated carbocycles. The first-order valence-corrected chi connectivity index (χ1v) is 7.38. The van der Waals surface area contributed by atoms with E-state index in [2.05, 4.69) is 4.52 Å². The maximum absolute atomic E-state index is 11.6. The second-order valence-electron chi connectivity index (χ2n) is 4.44. The van der Waals surface area contributed by atoms with Crippen molar-refractivity contribution in [1.29, 1.82) is 0 Å². The van der Waals surface area contributed by atoms with Crippen LogP contribution in [0.4, 0.5) is 0 Å². The maximum atomic E-state index is 11.6. The van der Waals surface area contributed by atoms with Gasteiger partial charge in [-0.25, -0.2) is 4.79 Å². The van der Waals surface area contributed by atoms with Crippen molar-refractivity contribution in [3.63, 3.8) is 0 Å². The molecular formula is C12H14NaO6P. The monoisotopic (exact) mass is 308 g/mol. The first kappa shape index (κ1) is 17.9. The summed E-state index contributed by atoms with van der Waals surface area (Å²) in [6.45, 7) is 1.53. The number of ether oxygens (including phenoxy) is 1. The van der Waals surface area contributed by atoms with Crippen LogP contribution in [0.15, 0.2) is 24.3 Å². The molecule has 1 aliphatic rings. The number of hydrogen-bond donors (Lipinski definition) is 1. The molecule has 0 fully saturated rings. The van der Waals surface area contributed by atoms with Crippen LogP contribution in [0.3, 0.4) is 0 Å². The van der Waals surface area contributed by atoms with Crippen molar-refractivity contribution < 1.29 is 58.0 Å². The maximum Gasteiger partial charge on any atom is 1.00 e. The summed E-state index contributed by atoms with van der Waals surface area (Å²) in [5.74, 6) is -0.370. The molecule has 104 valence electrons. The molecule has 0 spiro atoms. The van der Waals surface area contributed by atoms with Crippen LogP contribution in [0.5, 0.6) is 0 Å². The molecule has 2 rings (SSSR count). The van der Waals surface area contributed by atoms with Gasteiger partial charge in [-0.2, -0.15) is 0 Å². The normalized spacial score (nSPS) is 21.4. The number of fused-ring (bicyclic) bond motifs is 1. The van der Waals surface area contributed by atoms with Crippen LogP contribution in [0.25, 0.3) is 0 Å². The van der Waals surface area contributed by atoms with Gasteiger partial charge >= 0.3 is 35.5 Å². The summed E-state index contributed by atoms with van der Waals surface area (Å²) >= 11 is 0. The molecule has 20 heavy (non-hydrogen) atoms. The van der Waals surface area contributed by atoms with Gasteiger partial charge in [0.05, 0.1) is 11.7 Å². The Morgan fingerprint density at radius 1 is 1.50 bits per heavy atom. The van der Waals surface area contributed by atoms with Crippen molar-refractivity contribution >= 4 is 13.8 Å². The van der Waals surface area contributed by atoms with E-state index in [1.165, 1.54) is 6.92 Å². The fourth-order valence-electron chi connectivity index (χ4n) is 2.10. The number of cyclic esters (lactones) is 1. The minimum Gasteiger partial charge on any atom is -0.756 e. The van der Waals surface area contributed by atoms with Crippen LogP contribution in [-0.2, 0) is 13.8 Å². The number of benzene rings is 1. The molecule has 0 radical (unpaired) electrons. The van der Waals surface area contributed by atoms with E-state index < -0.39 is 13.9 Å². The Balaban J connectivity index is 0.00000200. The van der Waals surface area contributed by atoms with Crippen molar-refractivity contribution in [3.05, 3.63) is 35.4 Å². The molecule has 1 N–H and O–H groups in total. The molecular weight excluding hydrogens is 294 g/mol. The molecule has 1 heterocycles. The van der Waals surface area contributed by atoms with E-state index in [1.54, 1.807) is 18.2 Å². The molecule has 3 unspecified atom stereocenters. The van der Waals surface area contributed by atoms with Gasteiger partial charge in [0.2, 0.25) is 0 Å². The fourth-order valence-corrected chi connectivity index (χ4v) is 2.66. The molecule has 3 atom stereocenters. The molecule has 1 aliphatic heterocycles. The van der Waals surface area contributed by atoms with Crippen molar-refractivity contribution in [2.45, 2.75) is 32.0 Å². The standard InChI is InChI=1S/C12H15O6P.Na/c1-8(18-19(14,15)16)6-7-11-9-4-2-3-5-10(9)12(13)17-11;/h2-5,8,11H,6-7H2,1H3,(H2,14,15,16);/q;+1/p-1. The van der Waals surface area contributed by atoms with Crippen molar-refractivity contribution in [1.82, 2.24) is 0 Å². The van der Waals surface area contributed by atoms with Gasteiger partial charge < -0.3 is 19.0 Å². The summed E-state index contributed by atoms with van der Waals surface area (Å²) in [6.07, 6.45) is -0.275. The SMILES string of the molecule is CC(CCC1OC(=O)c2ccccc21)OP(=O)([O-])O.[Na+]. The molecule has 8 heteroatoms. The summed E-state index contributed by atoms with van der Waals surface area (Å²) in [5, 5.41) is 0. The quantitative estimate of drug-likeness (QED) is 0.406. The molecule has 1 aromatic carbocycles. The number of rotatable bonds is 5. The van der Waals surface area contributed by atoms with E-state index in [0.717, 1.165) is 5.56 Å². The summed E-state index contributed by atoms with van der Waals surface area (Å²) < 4.78 is 20.2. The Kier molecular flexibility index (Phi) is 6.41. The number of esters is 1. The average Bonchev–Trinajstić information content (AvgIpc) is 2.62. The zero-order valence-corrected chi connectivity index (χ0v) is 14.2. The zero-order valence-electron chi connectivity index (χ0n) is 11.3. The number of phosphoric acid groups is 1. The van der Waals surface area contributed by atoms with E-state index in [-0.39, 0.29) is 41.6 Å². The van der Waals surface area contributed by atoms with Crippen molar-refractivity contribution in [3.8, 4) is 0 Å². The third-order valence-electron chi connectivity index (χ3n) is 2.93. The van der Waals surface area contributed by atoms with Gasteiger partial charge in [0.25, 0.3) is 7.82 Å². The number of phosphoric ester groups is 1. The van der Waals surface area contributed by atoms with Gasteiger partial charge in [0, 0.05) is 5.56 Å². The molecule has 0 aliphatic carbocycles. The van der Waals surface area contributed by atoms with Crippen LogP contribution in [0.2, 0.25) is 0 Å². The molecule has 0 bridgehead atoms. The van der Waals surface area contributed by atoms with E-state index in [4.69, 9.17) is 9.63 Å². The molecule has 6 nitrogen and oxygen atoms in total. The van der Waals surface area contributed by atoms with E-state index >= 15 is 0 Å². The summed E-state index contributed by atoms with van der Waals surface area (Å²) in [6, 6.07) is 7.07. The predicted molar refractivity (Wildman–Crippen MR) is 64.2 cm³/mol. The van der Waals surface area contributed by atoms with Gasteiger partial charge in [0.15, 0.2) is 0 Å². The number of carbonyl (C=O) groups excluding carboxylic acids is 1. The second kappa shape index (κ2) is 7.18. The third-order valence-corrected chi connectivity index (χ3v) is 3.55. The average molecular weight is 308 g/mol. The van der Waals surface area contributed by atoms with Crippen LogP contribution < -0.4 is 34.5 Å². The van der Waals surface area contributed by atoms with Crippen LogP contribution >= 0.6 is 7.82 Å². The van der Waals surface area contributed by atoms with E-state index in [0.29, 0.717) is 18.4 Å². The predicted octanol–water partition coefficient (Wildman–Crippen LogP) is -1.45. The summed E-state index contributed by atoms with van der Waals surface area (Å²) in [4.78, 5) is 30.7. The van der Waals surface area contributed by atoms with E-state index in [1.807, 2.05) is 6.07 Å². The second-order valence-corrected chi connectivity index (χ2v) is 5.59. The third kappa shape index (κ3) is 4.67. The van der Waals surface area contributed by atoms with Gasteiger partial charge in [0.1, 0.15) is 6.10 Å². The fraction of sp³-hybridized carbons (Fsp3) is 0.417. The van der Waals surface area contributed by atoms with Gasteiger partial charge in [-0.1, -0.05) is 18.2 Å². The van der Waals surface area contributed by atoms with E-state index in [9.17, 15) is 14.3 Å². The van der Waals surface area contributed by atoms with Gasteiger partial charge in [-0.15, -0.1) is 0 Å². The first-order valence-electron chi connectivity index (χ1n) is 5.89. The Bertz CT molecular complexity index is 528. The Morgan fingerprint density at radius 3 is 2.80 bits per heavy atom. The summed E-state index contributed by atoms with van der Waals surface area (Å²) in [5.41, 5.74) is 1.34. The molecule has 0 amide bonds. The minimum absolute atomic E-state index is 0. The number of hydrogen-bond acceptors (Lipinski definition) is 5. The molecule has 1 aromatic rings. The molecule has 0 saturated heterocycles. The van der Waals surface area contributed by atoms with Crippen molar-refractivity contribution in [2.24, 2.45) is 0 Å². The topological polar surface area (TPSA) is 95.9 Å². The zero-order chi connectivity index (χ0) is 14.0. The van der Waals surface area contributed by atoms with Crippen LogP contribution in [0, 0.1) is 0 Å². The Labute approximate surface area is 139 Å². The smallest absolute Gasteiger partial charge is 0.756 e. The molecule has 0 aromatic heterocycles. The first-order chi connectivity index (χ1) is 8.87. The van der Waals surface area contributed by atoms with Crippen LogP contribution in [-0.4, -0.2) is 17.0 Å². The van der Waals surface area contributed by atoms with Crippen molar-refractivity contribution in [2.75, 3.05) is 0 Å². The Morgan fingerprint density at radius 2 is 2.15 bits per heavy atom. The van der Waals surface area contributed by atoms with Gasteiger partial charge in [-0.05, 0) is 25.8 Å². The van der Waals surface area contributed by atoms with Gasteiger partial charge in [-0.3, -0.25) is 4.57 Å². The van der Waals surface area contributed by atoms with Crippen LogP contribution in [0.1, 0.15) is 41.8 Å². The largest absolute Gasteiger partial charge is 1.00 e.